The van der Waals surface area contributed by atoms with Crippen LogP contribution < -0.4 is 0 Å². The smallest absolute Gasteiger partial charge is 0.106 e. The number of nitrogens with zero attached hydrogens (tertiary/aromatic N) is 2. The highest BCUT2D eigenvalue weighted by atomic mass is 79.9. The molecule has 2 atom stereocenters. The topological polar surface area (TPSA) is 36.7 Å². The zero-order chi connectivity index (χ0) is 12.7. The van der Waals surface area contributed by atoms with Crippen LogP contribution in [0.15, 0.2) is 22.9 Å². The summed E-state index contributed by atoms with van der Waals surface area (Å²) in [6, 6.07) is 6.40. The summed E-state index contributed by atoms with van der Waals surface area (Å²) < 4.78 is 0.851. The van der Waals surface area contributed by atoms with Crippen LogP contribution in [0.3, 0.4) is 0 Å². The standard InChI is InChI=1S/C14H19BrN2/c1-3-5-11(4-2)13(6-8-16)12-7-9-17-14(15)10-12/h7,9-11,13H,3-6H2,1-2H3. The lowest BCUT2D eigenvalue weighted by Crippen LogP contribution is -2.12. The molecule has 1 heterocycles. The van der Waals surface area contributed by atoms with Crippen molar-refractivity contribution in [2.75, 3.05) is 0 Å². The first-order valence-corrected chi connectivity index (χ1v) is 7.00. The summed E-state index contributed by atoms with van der Waals surface area (Å²) in [5, 5.41) is 9.00. The molecule has 0 saturated heterocycles. The molecule has 3 heteroatoms. The van der Waals surface area contributed by atoms with Gasteiger partial charge < -0.3 is 0 Å². The molecule has 0 bridgehead atoms. The van der Waals surface area contributed by atoms with E-state index in [0.29, 0.717) is 18.3 Å². The van der Waals surface area contributed by atoms with E-state index in [1.807, 2.05) is 18.3 Å². The maximum Gasteiger partial charge on any atom is 0.106 e. The maximum atomic E-state index is 9.00. The Morgan fingerprint density at radius 3 is 2.76 bits per heavy atom. The lowest BCUT2D eigenvalue weighted by molar-refractivity contribution is 0.382. The third kappa shape index (κ3) is 4.12. The number of nitriles is 1. The number of pyridine rings is 1. The van der Waals surface area contributed by atoms with Crippen molar-refractivity contribution in [3.8, 4) is 6.07 Å². The third-order valence-corrected chi connectivity index (χ3v) is 3.68. The van der Waals surface area contributed by atoms with Crippen molar-refractivity contribution in [3.05, 3.63) is 28.5 Å². The van der Waals surface area contributed by atoms with Gasteiger partial charge in [0.15, 0.2) is 0 Å². The highest BCUT2D eigenvalue weighted by Gasteiger charge is 2.21. The van der Waals surface area contributed by atoms with Gasteiger partial charge in [-0.25, -0.2) is 4.98 Å². The molecule has 0 aliphatic rings. The zero-order valence-electron chi connectivity index (χ0n) is 10.5. The van der Waals surface area contributed by atoms with Gasteiger partial charge in [0.1, 0.15) is 4.60 Å². The molecule has 0 radical (unpaired) electrons. The van der Waals surface area contributed by atoms with Crippen LogP contribution in [0.1, 0.15) is 51.0 Å². The van der Waals surface area contributed by atoms with Crippen molar-refractivity contribution in [1.29, 1.82) is 5.26 Å². The Hall–Kier alpha value is -0.880. The van der Waals surface area contributed by atoms with Gasteiger partial charge in [0, 0.05) is 12.6 Å². The average molecular weight is 295 g/mol. The quantitative estimate of drug-likeness (QED) is 0.715. The fourth-order valence-electron chi connectivity index (χ4n) is 2.36. The van der Waals surface area contributed by atoms with Crippen molar-refractivity contribution >= 4 is 15.9 Å². The van der Waals surface area contributed by atoms with Crippen LogP contribution in [0.25, 0.3) is 0 Å². The highest BCUT2D eigenvalue weighted by Crippen LogP contribution is 2.33. The molecule has 0 aliphatic carbocycles. The van der Waals surface area contributed by atoms with Crippen LogP contribution in [0.2, 0.25) is 0 Å². The van der Waals surface area contributed by atoms with E-state index in [0.717, 1.165) is 11.0 Å². The molecule has 0 N–H and O–H groups in total. The second kappa shape index (κ2) is 7.45. The van der Waals surface area contributed by atoms with E-state index >= 15 is 0 Å². The van der Waals surface area contributed by atoms with Crippen LogP contribution in [0, 0.1) is 17.2 Å². The SMILES string of the molecule is CCCC(CC)C(CC#N)c1ccnc(Br)c1. The summed E-state index contributed by atoms with van der Waals surface area (Å²) in [7, 11) is 0. The van der Waals surface area contributed by atoms with Gasteiger partial charge in [0.2, 0.25) is 0 Å². The fourth-order valence-corrected chi connectivity index (χ4v) is 2.75. The van der Waals surface area contributed by atoms with Gasteiger partial charge in [-0.1, -0.05) is 33.1 Å². The van der Waals surface area contributed by atoms with Crippen LogP contribution in [-0.4, -0.2) is 4.98 Å². The molecule has 1 aromatic heterocycles. The minimum absolute atomic E-state index is 0.337. The van der Waals surface area contributed by atoms with Crippen LogP contribution >= 0.6 is 15.9 Å². The maximum absolute atomic E-state index is 9.00. The highest BCUT2D eigenvalue weighted by molar-refractivity contribution is 9.10. The molecule has 2 nitrogen and oxygen atoms in total. The van der Waals surface area contributed by atoms with Crippen molar-refractivity contribution in [2.24, 2.45) is 5.92 Å². The Morgan fingerprint density at radius 1 is 1.47 bits per heavy atom. The minimum atomic E-state index is 0.337. The Labute approximate surface area is 112 Å². The van der Waals surface area contributed by atoms with Gasteiger partial charge in [-0.15, -0.1) is 0 Å². The van der Waals surface area contributed by atoms with Gasteiger partial charge >= 0.3 is 0 Å². The van der Waals surface area contributed by atoms with E-state index in [4.69, 9.17) is 5.26 Å². The normalized spacial score (nSPS) is 14.0. The molecule has 92 valence electrons. The van der Waals surface area contributed by atoms with E-state index < -0.39 is 0 Å². The number of halogens is 1. The first kappa shape index (κ1) is 14.2. The summed E-state index contributed by atoms with van der Waals surface area (Å²) in [6.07, 6.45) is 5.88. The summed E-state index contributed by atoms with van der Waals surface area (Å²) in [6.45, 7) is 4.41. The molecule has 0 amide bonds. The fraction of sp³-hybridized carbons (Fsp3) is 0.571. The predicted molar refractivity (Wildman–Crippen MR) is 73.6 cm³/mol. The van der Waals surface area contributed by atoms with Gasteiger partial charge in [-0.3, -0.25) is 0 Å². The van der Waals surface area contributed by atoms with E-state index in [-0.39, 0.29) is 0 Å². The van der Waals surface area contributed by atoms with Crippen molar-refractivity contribution in [1.82, 2.24) is 4.98 Å². The lowest BCUT2D eigenvalue weighted by Gasteiger charge is -2.24. The molecule has 17 heavy (non-hydrogen) atoms. The van der Waals surface area contributed by atoms with E-state index in [1.54, 1.807) is 0 Å². The van der Waals surface area contributed by atoms with Gasteiger partial charge in [-0.2, -0.15) is 5.26 Å². The summed E-state index contributed by atoms with van der Waals surface area (Å²) in [4.78, 5) is 4.15. The molecule has 2 unspecified atom stereocenters. The number of hydrogen-bond acceptors (Lipinski definition) is 2. The molecule has 1 rings (SSSR count). The third-order valence-electron chi connectivity index (χ3n) is 3.24. The number of rotatable bonds is 6. The van der Waals surface area contributed by atoms with Crippen LogP contribution in [-0.2, 0) is 0 Å². The zero-order valence-corrected chi connectivity index (χ0v) is 12.1. The first-order chi connectivity index (χ1) is 8.22. The van der Waals surface area contributed by atoms with Gasteiger partial charge in [-0.05, 0) is 45.5 Å². The first-order valence-electron chi connectivity index (χ1n) is 6.21. The van der Waals surface area contributed by atoms with Gasteiger partial charge in [0.05, 0.1) is 6.07 Å². The Morgan fingerprint density at radius 2 is 2.24 bits per heavy atom. The summed E-state index contributed by atoms with van der Waals surface area (Å²) in [5.74, 6) is 0.929. The Balaban J connectivity index is 2.95. The summed E-state index contributed by atoms with van der Waals surface area (Å²) >= 11 is 3.40. The molecular formula is C14H19BrN2. The lowest BCUT2D eigenvalue weighted by atomic mass is 9.80. The van der Waals surface area contributed by atoms with Crippen LogP contribution in [0.4, 0.5) is 0 Å². The van der Waals surface area contributed by atoms with Gasteiger partial charge in [0.25, 0.3) is 0 Å². The number of hydrogen-bond donors (Lipinski definition) is 0. The van der Waals surface area contributed by atoms with Crippen molar-refractivity contribution in [2.45, 2.75) is 45.4 Å². The van der Waals surface area contributed by atoms with E-state index in [9.17, 15) is 0 Å². The predicted octanol–water partition coefficient (Wildman–Crippen LogP) is 4.67. The molecule has 0 spiro atoms. The van der Waals surface area contributed by atoms with E-state index in [1.165, 1.54) is 18.4 Å². The average Bonchev–Trinajstić information content (AvgIpc) is 2.33. The Kier molecular flexibility index (Phi) is 6.21. The molecule has 1 aromatic rings. The molecule has 0 saturated carbocycles. The van der Waals surface area contributed by atoms with Crippen molar-refractivity contribution in [3.63, 3.8) is 0 Å². The molecule has 0 aromatic carbocycles. The van der Waals surface area contributed by atoms with Crippen molar-refractivity contribution < 1.29 is 0 Å². The van der Waals surface area contributed by atoms with E-state index in [2.05, 4.69) is 40.8 Å². The molecule has 0 fully saturated rings. The summed E-state index contributed by atoms with van der Waals surface area (Å²) in [5.41, 5.74) is 1.23. The molecular weight excluding hydrogens is 276 g/mol. The monoisotopic (exact) mass is 294 g/mol. The van der Waals surface area contributed by atoms with Crippen LogP contribution in [0.5, 0.6) is 0 Å². The Bertz CT molecular complexity index is 384. The molecule has 0 aliphatic heterocycles. The number of aromatic nitrogens is 1. The second-order valence-electron chi connectivity index (χ2n) is 4.34. The second-order valence-corrected chi connectivity index (χ2v) is 5.15. The largest absolute Gasteiger partial charge is 0.249 e. The minimum Gasteiger partial charge on any atom is -0.249 e.